The van der Waals surface area contributed by atoms with Crippen LogP contribution in [0.15, 0.2) is 18.2 Å². The summed E-state index contributed by atoms with van der Waals surface area (Å²) in [4.78, 5) is 14.2. The number of nitrogens with zero attached hydrogens (tertiary/aromatic N) is 1. The molecule has 1 aliphatic rings. The van der Waals surface area contributed by atoms with Gasteiger partial charge in [0.05, 0.1) is 6.54 Å². The maximum Gasteiger partial charge on any atom is 0.238 e. The minimum atomic E-state index is 0.0393. The van der Waals surface area contributed by atoms with Gasteiger partial charge in [0.2, 0.25) is 5.91 Å². The van der Waals surface area contributed by atoms with Crippen LogP contribution in [0.25, 0.3) is 0 Å². The third-order valence-corrected chi connectivity index (χ3v) is 3.35. The summed E-state index contributed by atoms with van der Waals surface area (Å²) in [5, 5.41) is 2.94. The number of nitrogens with two attached hydrogens (primary N) is 1. The molecular weight excluding hydrogens is 226 g/mol. The van der Waals surface area contributed by atoms with Crippen molar-refractivity contribution in [2.24, 2.45) is 0 Å². The molecule has 0 bridgehead atoms. The highest BCUT2D eigenvalue weighted by atomic mass is 16.2. The summed E-state index contributed by atoms with van der Waals surface area (Å²) in [5.41, 5.74) is 8.25. The number of hydrogen-bond donors (Lipinski definition) is 2. The molecule has 1 fully saturated rings. The Kier molecular flexibility index (Phi) is 3.87. The van der Waals surface area contributed by atoms with Crippen molar-refractivity contribution in [2.75, 3.05) is 24.1 Å². The van der Waals surface area contributed by atoms with Gasteiger partial charge in [-0.2, -0.15) is 0 Å². The number of benzene rings is 1. The smallest absolute Gasteiger partial charge is 0.238 e. The number of likely N-dealkylation sites (N-methyl/N-ethyl adjacent to an activating group) is 1. The van der Waals surface area contributed by atoms with E-state index in [0.29, 0.717) is 18.3 Å². The molecule has 1 amide bonds. The molecular formula is C14H21N3O. The number of aryl methyl sites for hydroxylation is 1. The molecule has 3 N–H and O–H groups in total. The molecule has 0 radical (unpaired) electrons. The highest BCUT2D eigenvalue weighted by Gasteiger charge is 2.28. The Hall–Kier alpha value is -1.55. The van der Waals surface area contributed by atoms with E-state index in [9.17, 15) is 4.79 Å². The highest BCUT2D eigenvalue weighted by molar-refractivity contribution is 5.93. The second kappa shape index (κ2) is 5.40. The Bertz CT molecular complexity index is 441. The lowest BCUT2D eigenvalue weighted by atomic mass is 10.2. The minimum absolute atomic E-state index is 0.0393. The predicted octanol–water partition coefficient (Wildman–Crippen LogP) is 2.00. The zero-order valence-electron chi connectivity index (χ0n) is 11.1. The van der Waals surface area contributed by atoms with E-state index >= 15 is 0 Å². The van der Waals surface area contributed by atoms with E-state index < -0.39 is 0 Å². The van der Waals surface area contributed by atoms with Gasteiger partial charge in [-0.25, -0.2) is 0 Å². The Morgan fingerprint density at radius 2 is 2.22 bits per heavy atom. The third kappa shape index (κ3) is 3.23. The molecule has 1 aromatic carbocycles. The number of nitrogen functional groups attached to an aromatic ring is 1. The second-order valence-corrected chi connectivity index (χ2v) is 4.92. The van der Waals surface area contributed by atoms with Crippen LogP contribution in [-0.2, 0) is 4.79 Å². The number of hydrogen-bond acceptors (Lipinski definition) is 3. The van der Waals surface area contributed by atoms with Gasteiger partial charge in [0, 0.05) is 17.4 Å². The fraction of sp³-hybridized carbons (Fsp3) is 0.500. The first-order valence-corrected chi connectivity index (χ1v) is 6.50. The highest BCUT2D eigenvalue weighted by Crippen LogP contribution is 2.26. The number of rotatable bonds is 5. The summed E-state index contributed by atoms with van der Waals surface area (Å²) < 4.78 is 0. The van der Waals surface area contributed by atoms with Gasteiger partial charge >= 0.3 is 0 Å². The molecule has 18 heavy (non-hydrogen) atoms. The number of amides is 1. The van der Waals surface area contributed by atoms with Crippen LogP contribution in [0.4, 0.5) is 11.4 Å². The van der Waals surface area contributed by atoms with Gasteiger partial charge < -0.3 is 11.1 Å². The van der Waals surface area contributed by atoms with Crippen LogP contribution in [0.2, 0.25) is 0 Å². The zero-order chi connectivity index (χ0) is 13.1. The summed E-state index contributed by atoms with van der Waals surface area (Å²) in [6.45, 7) is 5.45. The van der Waals surface area contributed by atoms with Gasteiger partial charge in [-0.3, -0.25) is 9.69 Å². The van der Waals surface area contributed by atoms with Crippen molar-refractivity contribution < 1.29 is 4.79 Å². The van der Waals surface area contributed by atoms with Crippen LogP contribution in [-0.4, -0.2) is 29.9 Å². The summed E-state index contributed by atoms with van der Waals surface area (Å²) in [7, 11) is 0. The van der Waals surface area contributed by atoms with Gasteiger partial charge in [-0.1, -0.05) is 13.0 Å². The summed E-state index contributed by atoms with van der Waals surface area (Å²) in [6.07, 6.45) is 2.44. The average Bonchev–Trinajstić information content (AvgIpc) is 3.15. The summed E-state index contributed by atoms with van der Waals surface area (Å²) >= 11 is 0. The second-order valence-electron chi connectivity index (χ2n) is 4.92. The van der Waals surface area contributed by atoms with E-state index in [1.165, 1.54) is 12.8 Å². The molecule has 0 saturated heterocycles. The van der Waals surface area contributed by atoms with Crippen molar-refractivity contribution in [3.63, 3.8) is 0 Å². The molecule has 0 unspecified atom stereocenters. The lowest BCUT2D eigenvalue weighted by molar-refractivity contribution is -0.117. The van der Waals surface area contributed by atoms with Crippen LogP contribution < -0.4 is 11.1 Å². The molecule has 4 nitrogen and oxygen atoms in total. The molecule has 4 heteroatoms. The maximum absolute atomic E-state index is 12.0. The first-order chi connectivity index (χ1) is 8.60. The number of nitrogens with one attached hydrogen (secondary N) is 1. The van der Waals surface area contributed by atoms with Crippen molar-refractivity contribution in [2.45, 2.75) is 32.7 Å². The Labute approximate surface area is 108 Å². The Morgan fingerprint density at radius 1 is 1.50 bits per heavy atom. The zero-order valence-corrected chi connectivity index (χ0v) is 11.1. The molecule has 1 saturated carbocycles. The first-order valence-electron chi connectivity index (χ1n) is 6.50. The number of carbonyl (C=O) groups is 1. The summed E-state index contributed by atoms with van der Waals surface area (Å²) in [5.74, 6) is 0.0393. The molecule has 0 spiro atoms. The molecule has 98 valence electrons. The van der Waals surface area contributed by atoms with E-state index in [1.807, 2.05) is 19.1 Å². The average molecular weight is 247 g/mol. The van der Waals surface area contributed by atoms with E-state index in [-0.39, 0.29) is 5.91 Å². The largest absolute Gasteiger partial charge is 0.399 e. The van der Waals surface area contributed by atoms with E-state index in [1.54, 1.807) is 6.07 Å². The van der Waals surface area contributed by atoms with E-state index in [4.69, 9.17) is 5.73 Å². The first kappa shape index (κ1) is 12.9. The van der Waals surface area contributed by atoms with E-state index in [2.05, 4.69) is 17.1 Å². The molecule has 0 heterocycles. The van der Waals surface area contributed by atoms with Crippen molar-refractivity contribution in [3.8, 4) is 0 Å². The van der Waals surface area contributed by atoms with Crippen LogP contribution in [0.5, 0.6) is 0 Å². The Morgan fingerprint density at radius 3 is 2.83 bits per heavy atom. The minimum Gasteiger partial charge on any atom is -0.399 e. The molecule has 2 rings (SSSR count). The standard InChI is InChI=1S/C14H21N3O/c1-3-17(12-6-7-12)9-14(18)16-13-8-11(15)5-4-10(13)2/h4-5,8,12H,3,6-7,9,15H2,1-2H3,(H,16,18). The third-order valence-electron chi connectivity index (χ3n) is 3.35. The number of carbonyl (C=O) groups excluding carboxylic acids is 1. The summed E-state index contributed by atoms with van der Waals surface area (Å²) in [6, 6.07) is 6.18. The predicted molar refractivity (Wildman–Crippen MR) is 74.5 cm³/mol. The fourth-order valence-electron chi connectivity index (χ4n) is 2.09. The normalized spacial score (nSPS) is 14.8. The van der Waals surface area contributed by atoms with Crippen molar-refractivity contribution in [3.05, 3.63) is 23.8 Å². The van der Waals surface area contributed by atoms with Crippen LogP contribution in [0.3, 0.4) is 0 Å². The van der Waals surface area contributed by atoms with Crippen molar-refractivity contribution in [1.29, 1.82) is 0 Å². The van der Waals surface area contributed by atoms with Crippen LogP contribution in [0.1, 0.15) is 25.3 Å². The van der Waals surface area contributed by atoms with E-state index in [0.717, 1.165) is 17.8 Å². The van der Waals surface area contributed by atoms with Crippen LogP contribution in [0, 0.1) is 6.92 Å². The van der Waals surface area contributed by atoms with Gasteiger partial charge in [0.1, 0.15) is 0 Å². The maximum atomic E-state index is 12.0. The quantitative estimate of drug-likeness (QED) is 0.782. The topological polar surface area (TPSA) is 58.4 Å². The molecule has 1 aromatic rings. The lowest BCUT2D eigenvalue weighted by Crippen LogP contribution is -2.34. The fourth-order valence-corrected chi connectivity index (χ4v) is 2.09. The van der Waals surface area contributed by atoms with Gasteiger partial charge in [-0.05, 0) is 44.0 Å². The molecule has 0 aliphatic heterocycles. The van der Waals surface area contributed by atoms with Crippen molar-refractivity contribution in [1.82, 2.24) is 4.90 Å². The molecule has 0 aromatic heterocycles. The SMILES string of the molecule is CCN(CC(=O)Nc1cc(N)ccc1C)C1CC1. The monoisotopic (exact) mass is 247 g/mol. The van der Waals surface area contributed by atoms with Gasteiger partial charge in [-0.15, -0.1) is 0 Å². The van der Waals surface area contributed by atoms with Crippen LogP contribution >= 0.6 is 0 Å². The molecule has 0 atom stereocenters. The lowest BCUT2D eigenvalue weighted by Gasteiger charge is -2.19. The Balaban J connectivity index is 1.95. The number of anilines is 2. The van der Waals surface area contributed by atoms with Gasteiger partial charge in [0.25, 0.3) is 0 Å². The van der Waals surface area contributed by atoms with Gasteiger partial charge in [0.15, 0.2) is 0 Å². The van der Waals surface area contributed by atoms with Crippen molar-refractivity contribution >= 4 is 17.3 Å². The molecule has 1 aliphatic carbocycles.